The molecule has 0 aliphatic heterocycles. The number of nitrogens with zero attached hydrogens (tertiary/aromatic N) is 2. The average Bonchev–Trinajstić information content (AvgIpc) is 2.64. The zero-order chi connectivity index (χ0) is 8.72. The van der Waals surface area contributed by atoms with Crippen LogP contribution < -0.4 is 5.73 Å². The molecular weight excluding hydrogens is 150 g/mol. The van der Waals surface area contributed by atoms with Crippen LogP contribution in [0.3, 0.4) is 0 Å². The van der Waals surface area contributed by atoms with Gasteiger partial charge >= 0.3 is 0 Å². The van der Waals surface area contributed by atoms with Gasteiger partial charge in [-0.25, -0.2) is 0 Å². The van der Waals surface area contributed by atoms with E-state index in [4.69, 9.17) is 5.73 Å². The monoisotopic (exact) mass is 165 g/mol. The van der Waals surface area contributed by atoms with Gasteiger partial charge in [-0.3, -0.25) is 4.68 Å². The van der Waals surface area contributed by atoms with Crippen molar-refractivity contribution in [3.05, 3.63) is 11.9 Å². The lowest BCUT2D eigenvalue weighted by Gasteiger charge is -2.02. The number of aromatic nitrogens is 2. The summed E-state index contributed by atoms with van der Waals surface area (Å²) in [6.45, 7) is 5.35. The van der Waals surface area contributed by atoms with E-state index in [9.17, 15) is 0 Å². The van der Waals surface area contributed by atoms with Crippen molar-refractivity contribution in [3.8, 4) is 0 Å². The van der Waals surface area contributed by atoms with Crippen LogP contribution in [0.25, 0.3) is 0 Å². The fraction of sp³-hybridized carbons (Fsp3) is 0.667. The molecule has 0 bridgehead atoms. The molecule has 66 valence electrons. The molecule has 1 saturated carbocycles. The largest absolute Gasteiger partial charge is 0.396 e. The third-order valence-corrected chi connectivity index (χ3v) is 2.82. The maximum Gasteiger partial charge on any atom is 0.0730 e. The maximum absolute atomic E-state index is 5.69. The topological polar surface area (TPSA) is 43.8 Å². The predicted octanol–water partition coefficient (Wildman–Crippen LogP) is 1.43. The lowest BCUT2D eigenvalue weighted by molar-refractivity contribution is 0.529. The molecule has 1 aliphatic rings. The molecule has 1 aliphatic carbocycles. The van der Waals surface area contributed by atoms with Crippen molar-refractivity contribution in [3.63, 3.8) is 0 Å². The van der Waals surface area contributed by atoms with E-state index < -0.39 is 0 Å². The normalized spacial score (nSPS) is 27.5. The van der Waals surface area contributed by atoms with Crippen molar-refractivity contribution in [2.75, 3.05) is 5.73 Å². The summed E-state index contributed by atoms with van der Waals surface area (Å²) in [5, 5.41) is 4.22. The Bertz CT molecular complexity index is 290. The minimum Gasteiger partial charge on any atom is -0.396 e. The fourth-order valence-corrected chi connectivity index (χ4v) is 1.52. The summed E-state index contributed by atoms with van der Waals surface area (Å²) in [6, 6.07) is 0. The van der Waals surface area contributed by atoms with Crippen molar-refractivity contribution >= 4 is 5.69 Å². The lowest BCUT2D eigenvalue weighted by atomic mass is 10.3. The summed E-state index contributed by atoms with van der Waals surface area (Å²) in [4.78, 5) is 0. The molecule has 12 heavy (non-hydrogen) atoms. The Labute approximate surface area is 72.6 Å². The molecule has 0 spiro atoms. The highest BCUT2D eigenvalue weighted by molar-refractivity contribution is 5.39. The number of nitrogens with two attached hydrogens (primary N) is 1. The van der Waals surface area contributed by atoms with Crippen LogP contribution in [0.15, 0.2) is 6.20 Å². The van der Waals surface area contributed by atoms with Gasteiger partial charge in [0.15, 0.2) is 0 Å². The van der Waals surface area contributed by atoms with Gasteiger partial charge in [0.25, 0.3) is 0 Å². The van der Waals surface area contributed by atoms with Gasteiger partial charge in [0.1, 0.15) is 0 Å². The van der Waals surface area contributed by atoms with Crippen LogP contribution >= 0.6 is 0 Å². The molecule has 0 radical (unpaired) electrons. The smallest absolute Gasteiger partial charge is 0.0730 e. The van der Waals surface area contributed by atoms with Crippen molar-refractivity contribution in [2.45, 2.75) is 26.8 Å². The second-order valence-corrected chi connectivity index (χ2v) is 3.84. The summed E-state index contributed by atoms with van der Waals surface area (Å²) >= 11 is 0. The second-order valence-electron chi connectivity index (χ2n) is 3.84. The Morgan fingerprint density at radius 2 is 2.42 bits per heavy atom. The fourth-order valence-electron chi connectivity index (χ4n) is 1.52. The number of hydrogen-bond acceptors (Lipinski definition) is 2. The highest BCUT2D eigenvalue weighted by atomic mass is 15.3. The minimum atomic E-state index is 0.809. The highest BCUT2D eigenvalue weighted by Crippen LogP contribution is 2.39. The summed E-state index contributed by atoms with van der Waals surface area (Å²) in [7, 11) is 0. The number of nitrogen functional groups attached to an aromatic ring is 1. The SMILES string of the molecule is Cc1c(N)cnn1CC1CC1C. The number of anilines is 1. The molecule has 2 atom stereocenters. The van der Waals surface area contributed by atoms with E-state index in [1.54, 1.807) is 6.20 Å². The summed E-state index contributed by atoms with van der Waals surface area (Å²) in [6.07, 6.45) is 3.08. The first kappa shape index (κ1) is 7.65. The van der Waals surface area contributed by atoms with Crippen LogP contribution in [-0.2, 0) is 6.54 Å². The van der Waals surface area contributed by atoms with Gasteiger partial charge < -0.3 is 5.73 Å². The Morgan fingerprint density at radius 3 is 2.83 bits per heavy atom. The number of rotatable bonds is 2. The van der Waals surface area contributed by atoms with Gasteiger partial charge in [-0.1, -0.05) is 6.92 Å². The molecule has 1 heterocycles. The molecular formula is C9H15N3. The van der Waals surface area contributed by atoms with E-state index >= 15 is 0 Å². The van der Waals surface area contributed by atoms with E-state index in [0.29, 0.717) is 0 Å². The molecule has 2 unspecified atom stereocenters. The molecule has 0 amide bonds. The third-order valence-electron chi connectivity index (χ3n) is 2.82. The third kappa shape index (κ3) is 1.19. The van der Waals surface area contributed by atoms with E-state index in [2.05, 4.69) is 12.0 Å². The van der Waals surface area contributed by atoms with Crippen LogP contribution in [0, 0.1) is 18.8 Å². The predicted molar refractivity (Wildman–Crippen MR) is 48.6 cm³/mol. The van der Waals surface area contributed by atoms with E-state index in [-0.39, 0.29) is 0 Å². The molecule has 3 nitrogen and oxygen atoms in total. The Kier molecular flexibility index (Phi) is 1.60. The molecule has 0 saturated heterocycles. The standard InChI is InChI=1S/C9H15N3/c1-6-3-8(6)5-12-7(2)9(10)4-11-12/h4,6,8H,3,5,10H2,1-2H3. The van der Waals surface area contributed by atoms with Gasteiger partial charge in [-0.05, 0) is 25.2 Å². The number of hydrogen-bond donors (Lipinski definition) is 1. The molecule has 2 N–H and O–H groups in total. The Morgan fingerprint density at radius 1 is 1.75 bits per heavy atom. The Balaban J connectivity index is 2.08. The summed E-state index contributed by atoms with van der Waals surface area (Å²) in [5.74, 6) is 1.72. The van der Waals surface area contributed by atoms with E-state index in [1.165, 1.54) is 6.42 Å². The van der Waals surface area contributed by atoms with Crippen molar-refractivity contribution in [1.29, 1.82) is 0 Å². The first-order valence-corrected chi connectivity index (χ1v) is 4.46. The maximum atomic E-state index is 5.69. The van der Waals surface area contributed by atoms with Crippen molar-refractivity contribution in [2.24, 2.45) is 11.8 Å². The van der Waals surface area contributed by atoms with Crippen LogP contribution in [0.4, 0.5) is 5.69 Å². The van der Waals surface area contributed by atoms with Crippen LogP contribution in [0.2, 0.25) is 0 Å². The first-order valence-electron chi connectivity index (χ1n) is 4.46. The molecule has 0 aromatic carbocycles. The van der Waals surface area contributed by atoms with Crippen LogP contribution in [-0.4, -0.2) is 9.78 Å². The van der Waals surface area contributed by atoms with E-state index in [1.807, 2.05) is 11.6 Å². The van der Waals surface area contributed by atoms with E-state index in [0.717, 1.165) is 29.8 Å². The lowest BCUT2D eigenvalue weighted by Crippen LogP contribution is -2.05. The van der Waals surface area contributed by atoms with Gasteiger partial charge in [-0.15, -0.1) is 0 Å². The van der Waals surface area contributed by atoms with Crippen LogP contribution in [0.1, 0.15) is 19.0 Å². The minimum absolute atomic E-state index is 0.809. The summed E-state index contributed by atoms with van der Waals surface area (Å²) in [5.41, 5.74) is 7.60. The van der Waals surface area contributed by atoms with Crippen LogP contribution in [0.5, 0.6) is 0 Å². The molecule has 2 rings (SSSR count). The van der Waals surface area contributed by atoms with Crippen molar-refractivity contribution in [1.82, 2.24) is 9.78 Å². The van der Waals surface area contributed by atoms with Gasteiger partial charge in [-0.2, -0.15) is 5.10 Å². The van der Waals surface area contributed by atoms with Gasteiger partial charge in [0, 0.05) is 6.54 Å². The zero-order valence-electron chi connectivity index (χ0n) is 7.62. The highest BCUT2D eigenvalue weighted by Gasteiger charge is 2.33. The molecule has 1 aromatic heterocycles. The second kappa shape index (κ2) is 2.51. The summed E-state index contributed by atoms with van der Waals surface area (Å²) < 4.78 is 2.02. The Hall–Kier alpha value is -0.990. The molecule has 3 heteroatoms. The quantitative estimate of drug-likeness (QED) is 0.720. The van der Waals surface area contributed by atoms with Crippen molar-refractivity contribution < 1.29 is 0 Å². The molecule has 1 aromatic rings. The first-order chi connectivity index (χ1) is 5.68. The zero-order valence-corrected chi connectivity index (χ0v) is 7.62. The molecule has 1 fully saturated rings. The average molecular weight is 165 g/mol. The van der Waals surface area contributed by atoms with Gasteiger partial charge in [0.2, 0.25) is 0 Å². The van der Waals surface area contributed by atoms with Gasteiger partial charge in [0.05, 0.1) is 17.6 Å².